The SMILES string of the molecule is COc1c(Br)cc(C)cc1-c1cc(-c2ccccc2)cc(-c2cc(C)cc(Br)c2OC)n1. The quantitative estimate of drug-likeness (QED) is 0.250. The number of ether oxygens (including phenoxy) is 2. The maximum absolute atomic E-state index is 5.74. The Morgan fingerprint density at radius 2 is 1.09 bits per heavy atom. The minimum atomic E-state index is 0.761. The van der Waals surface area contributed by atoms with Crippen LogP contribution in [0.3, 0.4) is 0 Å². The largest absolute Gasteiger partial charge is 0.495 e. The average Bonchev–Trinajstić information content (AvgIpc) is 2.78. The summed E-state index contributed by atoms with van der Waals surface area (Å²) in [6, 6.07) is 22.8. The van der Waals surface area contributed by atoms with E-state index in [-0.39, 0.29) is 0 Å². The second kappa shape index (κ2) is 9.47. The predicted octanol–water partition coefficient (Wildman–Crippen LogP) is 8.24. The monoisotopic (exact) mass is 551 g/mol. The topological polar surface area (TPSA) is 31.4 Å². The van der Waals surface area contributed by atoms with E-state index in [4.69, 9.17) is 14.5 Å². The summed E-state index contributed by atoms with van der Waals surface area (Å²) < 4.78 is 13.3. The third kappa shape index (κ3) is 4.45. The van der Waals surface area contributed by atoms with Crippen LogP contribution in [-0.2, 0) is 0 Å². The molecule has 1 heterocycles. The average molecular weight is 553 g/mol. The number of hydrogen-bond donors (Lipinski definition) is 0. The fraction of sp³-hybridized carbons (Fsp3) is 0.148. The first-order valence-electron chi connectivity index (χ1n) is 10.2. The fourth-order valence-corrected chi connectivity index (χ4v) is 5.33. The lowest BCUT2D eigenvalue weighted by Gasteiger charge is -2.16. The summed E-state index contributed by atoms with van der Waals surface area (Å²) in [7, 11) is 3.36. The van der Waals surface area contributed by atoms with Gasteiger partial charge in [-0.2, -0.15) is 0 Å². The van der Waals surface area contributed by atoms with Gasteiger partial charge < -0.3 is 9.47 Å². The van der Waals surface area contributed by atoms with Crippen LogP contribution < -0.4 is 9.47 Å². The van der Waals surface area contributed by atoms with E-state index in [1.807, 2.05) is 30.3 Å². The van der Waals surface area contributed by atoms with Crippen molar-refractivity contribution in [2.24, 2.45) is 0 Å². The van der Waals surface area contributed by atoms with Gasteiger partial charge in [-0.1, -0.05) is 30.3 Å². The van der Waals surface area contributed by atoms with E-state index < -0.39 is 0 Å². The number of nitrogens with zero attached hydrogens (tertiary/aromatic N) is 1. The third-order valence-electron chi connectivity index (χ3n) is 5.27. The summed E-state index contributed by atoms with van der Waals surface area (Å²) in [5.41, 5.74) is 7.98. The number of benzene rings is 3. The molecule has 0 bridgehead atoms. The van der Waals surface area contributed by atoms with Crippen molar-refractivity contribution in [1.29, 1.82) is 0 Å². The van der Waals surface area contributed by atoms with Gasteiger partial charge in [-0.05, 0) is 104 Å². The van der Waals surface area contributed by atoms with E-state index in [2.05, 4.69) is 82.1 Å². The molecule has 0 spiro atoms. The molecule has 162 valence electrons. The van der Waals surface area contributed by atoms with Crippen molar-refractivity contribution in [2.75, 3.05) is 14.2 Å². The minimum Gasteiger partial charge on any atom is -0.495 e. The van der Waals surface area contributed by atoms with Gasteiger partial charge in [0.15, 0.2) is 0 Å². The number of pyridine rings is 1. The van der Waals surface area contributed by atoms with E-state index in [1.54, 1.807) is 14.2 Å². The molecular formula is C27H23Br2NO2. The summed E-state index contributed by atoms with van der Waals surface area (Å²) >= 11 is 7.29. The molecule has 5 heteroatoms. The molecule has 0 atom stereocenters. The van der Waals surface area contributed by atoms with Crippen LogP contribution in [0.25, 0.3) is 33.6 Å². The number of methoxy groups -OCH3 is 2. The first kappa shape index (κ1) is 22.6. The Hall–Kier alpha value is -2.63. The smallest absolute Gasteiger partial charge is 0.142 e. The van der Waals surface area contributed by atoms with Gasteiger partial charge in [0.25, 0.3) is 0 Å². The molecule has 1 aromatic heterocycles. The number of aromatic nitrogens is 1. The third-order valence-corrected chi connectivity index (χ3v) is 6.45. The van der Waals surface area contributed by atoms with Crippen molar-refractivity contribution >= 4 is 31.9 Å². The van der Waals surface area contributed by atoms with Crippen LogP contribution in [0.5, 0.6) is 11.5 Å². The number of hydrogen-bond acceptors (Lipinski definition) is 3. The zero-order valence-corrected chi connectivity index (χ0v) is 21.5. The molecule has 0 N–H and O–H groups in total. The summed E-state index contributed by atoms with van der Waals surface area (Å²) in [5, 5.41) is 0. The van der Waals surface area contributed by atoms with Crippen molar-refractivity contribution in [3.05, 3.63) is 86.8 Å². The summed E-state index contributed by atoms with van der Waals surface area (Å²) in [6.45, 7) is 4.13. The first-order valence-corrected chi connectivity index (χ1v) is 11.8. The normalized spacial score (nSPS) is 10.8. The van der Waals surface area contributed by atoms with Crippen LogP contribution >= 0.6 is 31.9 Å². The summed E-state index contributed by atoms with van der Waals surface area (Å²) in [4.78, 5) is 5.08. The standard InChI is InChI=1S/C27H23Br2NO2/c1-16-10-20(26(31-3)22(28)12-16)24-14-19(18-8-6-5-7-9-18)15-25(30-24)21-11-17(2)13-23(29)27(21)32-4/h5-15H,1-4H3. The molecule has 0 unspecified atom stereocenters. The van der Waals surface area contributed by atoms with Crippen LogP contribution in [0.2, 0.25) is 0 Å². The Bertz CT molecular complexity index is 1210. The molecular weight excluding hydrogens is 530 g/mol. The molecule has 4 rings (SSSR count). The van der Waals surface area contributed by atoms with Crippen molar-refractivity contribution in [3.8, 4) is 45.1 Å². The van der Waals surface area contributed by atoms with Gasteiger partial charge in [-0.25, -0.2) is 4.98 Å². The molecule has 0 amide bonds. The van der Waals surface area contributed by atoms with E-state index >= 15 is 0 Å². The Labute approximate surface area is 205 Å². The Kier molecular flexibility index (Phi) is 6.68. The highest BCUT2D eigenvalue weighted by Gasteiger charge is 2.18. The Morgan fingerprint density at radius 1 is 0.625 bits per heavy atom. The van der Waals surface area contributed by atoms with Crippen LogP contribution in [0.15, 0.2) is 75.7 Å². The van der Waals surface area contributed by atoms with Gasteiger partial charge in [-0.15, -0.1) is 0 Å². The highest BCUT2D eigenvalue weighted by Crippen LogP contribution is 2.42. The zero-order chi connectivity index (χ0) is 22.8. The molecule has 0 aliphatic rings. The molecule has 3 aromatic carbocycles. The molecule has 3 nitrogen and oxygen atoms in total. The lowest BCUT2D eigenvalue weighted by molar-refractivity contribution is 0.413. The van der Waals surface area contributed by atoms with E-state index in [1.165, 1.54) is 0 Å². The van der Waals surface area contributed by atoms with Gasteiger partial charge >= 0.3 is 0 Å². The van der Waals surface area contributed by atoms with Crippen LogP contribution in [0.1, 0.15) is 11.1 Å². The molecule has 0 aliphatic carbocycles. The molecule has 0 fully saturated rings. The number of aryl methyl sites for hydroxylation is 2. The molecule has 0 aliphatic heterocycles. The lowest BCUT2D eigenvalue weighted by Crippen LogP contribution is -1.97. The van der Waals surface area contributed by atoms with Gasteiger partial charge in [0.05, 0.1) is 34.6 Å². The van der Waals surface area contributed by atoms with Gasteiger partial charge in [0.1, 0.15) is 11.5 Å². The summed E-state index contributed by atoms with van der Waals surface area (Å²) in [6.07, 6.45) is 0. The molecule has 4 aromatic rings. The van der Waals surface area contributed by atoms with Crippen molar-refractivity contribution in [3.63, 3.8) is 0 Å². The molecule has 0 saturated heterocycles. The van der Waals surface area contributed by atoms with Crippen molar-refractivity contribution in [1.82, 2.24) is 4.98 Å². The highest BCUT2D eigenvalue weighted by molar-refractivity contribution is 9.11. The molecule has 32 heavy (non-hydrogen) atoms. The van der Waals surface area contributed by atoms with Crippen LogP contribution in [-0.4, -0.2) is 19.2 Å². The van der Waals surface area contributed by atoms with Crippen LogP contribution in [0.4, 0.5) is 0 Å². The summed E-state index contributed by atoms with van der Waals surface area (Å²) in [5.74, 6) is 1.52. The van der Waals surface area contributed by atoms with Gasteiger partial charge in [0.2, 0.25) is 0 Å². The Balaban J connectivity index is 2.04. The fourth-order valence-electron chi connectivity index (χ4n) is 3.86. The second-order valence-electron chi connectivity index (χ2n) is 7.65. The lowest BCUT2D eigenvalue weighted by atomic mass is 9.98. The molecule has 0 saturated carbocycles. The van der Waals surface area contributed by atoms with E-state index in [9.17, 15) is 0 Å². The number of halogens is 2. The van der Waals surface area contributed by atoms with Crippen molar-refractivity contribution < 1.29 is 9.47 Å². The van der Waals surface area contributed by atoms with Crippen molar-refractivity contribution in [2.45, 2.75) is 13.8 Å². The highest BCUT2D eigenvalue weighted by atomic mass is 79.9. The maximum atomic E-state index is 5.74. The van der Waals surface area contributed by atoms with Gasteiger partial charge in [-0.3, -0.25) is 0 Å². The van der Waals surface area contributed by atoms with E-state index in [0.717, 1.165) is 65.2 Å². The Morgan fingerprint density at radius 3 is 1.53 bits per heavy atom. The molecule has 0 radical (unpaired) electrons. The maximum Gasteiger partial charge on any atom is 0.142 e. The first-order chi connectivity index (χ1) is 15.4. The van der Waals surface area contributed by atoms with Crippen LogP contribution in [0, 0.1) is 13.8 Å². The number of rotatable bonds is 5. The van der Waals surface area contributed by atoms with E-state index in [0.29, 0.717) is 0 Å². The minimum absolute atomic E-state index is 0.761. The predicted molar refractivity (Wildman–Crippen MR) is 139 cm³/mol. The zero-order valence-electron chi connectivity index (χ0n) is 18.4. The second-order valence-corrected chi connectivity index (χ2v) is 9.36. The van der Waals surface area contributed by atoms with Gasteiger partial charge in [0, 0.05) is 11.1 Å².